The van der Waals surface area contributed by atoms with Crippen LogP contribution in [-0.2, 0) is 19.1 Å². The maximum absolute atomic E-state index is 13.2. The van der Waals surface area contributed by atoms with Crippen LogP contribution in [-0.4, -0.2) is 55.3 Å². The second-order valence-corrected chi connectivity index (χ2v) is 8.59. The van der Waals surface area contributed by atoms with Crippen molar-refractivity contribution in [3.05, 3.63) is 87.5 Å². The highest BCUT2D eigenvalue weighted by Gasteiger charge is 2.41. The molecule has 3 aromatic rings. The van der Waals surface area contributed by atoms with Crippen LogP contribution in [0.1, 0.15) is 20.7 Å². The van der Waals surface area contributed by atoms with Crippen LogP contribution in [0.5, 0.6) is 11.5 Å². The predicted molar refractivity (Wildman–Crippen MR) is 140 cm³/mol. The van der Waals surface area contributed by atoms with Crippen LogP contribution in [0.15, 0.2) is 72.8 Å². The molecule has 0 radical (unpaired) electrons. The number of esters is 2. The Labute approximate surface area is 225 Å². The average Bonchev–Trinajstić information content (AvgIpc) is 2.91. The minimum atomic E-state index is -2.17. The number of carbonyl (C=O) groups is 4. The summed E-state index contributed by atoms with van der Waals surface area (Å²) in [6, 6.07) is 18.4. The second-order valence-electron chi connectivity index (χ2n) is 7.42. The molecule has 2 N–H and O–H groups in total. The first-order valence-electron chi connectivity index (χ1n) is 10.7. The molecule has 0 unspecified atom stereocenters. The van der Waals surface area contributed by atoms with E-state index in [-0.39, 0.29) is 11.1 Å². The van der Waals surface area contributed by atoms with Gasteiger partial charge in [-0.05, 0) is 71.1 Å². The summed E-state index contributed by atoms with van der Waals surface area (Å²) in [5.41, 5.74) is 0.315. The van der Waals surface area contributed by atoms with Crippen molar-refractivity contribution in [3.63, 3.8) is 0 Å². The third-order valence-electron chi connectivity index (χ3n) is 4.99. The van der Waals surface area contributed by atoms with Crippen LogP contribution in [0.2, 0.25) is 0 Å². The number of rotatable bonds is 10. The SMILES string of the molecule is COc1cccc(C(=O)O[C@H](C(=O)Nc2ccccc2I)[C@@H](OC(=O)c2cccc(OC)c2)C(=O)O)c1. The van der Waals surface area contributed by atoms with Gasteiger partial charge in [-0.3, -0.25) is 4.79 Å². The van der Waals surface area contributed by atoms with E-state index in [2.05, 4.69) is 5.32 Å². The molecule has 3 rings (SSSR count). The van der Waals surface area contributed by atoms with Gasteiger partial charge in [0.05, 0.1) is 31.0 Å². The maximum atomic E-state index is 13.2. The Balaban J connectivity index is 1.94. The molecule has 2 atom stereocenters. The molecule has 0 aliphatic carbocycles. The molecule has 192 valence electrons. The van der Waals surface area contributed by atoms with Crippen molar-refractivity contribution in [1.29, 1.82) is 0 Å². The molecule has 0 saturated carbocycles. The molecule has 3 aromatic carbocycles. The Bertz CT molecular complexity index is 1310. The van der Waals surface area contributed by atoms with Crippen LogP contribution >= 0.6 is 22.6 Å². The van der Waals surface area contributed by atoms with Crippen LogP contribution in [0, 0.1) is 3.57 Å². The fourth-order valence-electron chi connectivity index (χ4n) is 3.13. The Hall–Kier alpha value is -4.13. The molecule has 37 heavy (non-hydrogen) atoms. The van der Waals surface area contributed by atoms with Gasteiger partial charge in [0.15, 0.2) is 0 Å². The van der Waals surface area contributed by atoms with E-state index in [1.165, 1.54) is 50.6 Å². The normalized spacial score (nSPS) is 12.0. The van der Waals surface area contributed by atoms with Crippen molar-refractivity contribution in [2.75, 3.05) is 19.5 Å². The van der Waals surface area contributed by atoms with Gasteiger partial charge in [-0.2, -0.15) is 0 Å². The highest BCUT2D eigenvalue weighted by Crippen LogP contribution is 2.21. The zero-order chi connectivity index (χ0) is 26.9. The minimum Gasteiger partial charge on any atom is -0.497 e. The number of para-hydroxylation sites is 1. The van der Waals surface area contributed by atoms with Gasteiger partial charge in [0.25, 0.3) is 5.91 Å². The van der Waals surface area contributed by atoms with Crippen molar-refractivity contribution < 1.29 is 43.2 Å². The average molecular weight is 619 g/mol. The monoisotopic (exact) mass is 619 g/mol. The number of methoxy groups -OCH3 is 2. The van der Waals surface area contributed by atoms with Gasteiger partial charge in [-0.25, -0.2) is 14.4 Å². The molecule has 0 aliphatic heterocycles. The number of carboxylic acids is 1. The molecule has 0 heterocycles. The highest BCUT2D eigenvalue weighted by molar-refractivity contribution is 14.1. The van der Waals surface area contributed by atoms with E-state index < -0.39 is 36.0 Å². The predicted octanol–water partition coefficient (Wildman–Crippen LogP) is 3.78. The lowest BCUT2D eigenvalue weighted by Crippen LogP contribution is -2.48. The fourth-order valence-corrected chi connectivity index (χ4v) is 3.65. The topological polar surface area (TPSA) is 137 Å². The first-order chi connectivity index (χ1) is 17.7. The molecule has 0 bridgehead atoms. The van der Waals surface area contributed by atoms with Crippen molar-refractivity contribution in [3.8, 4) is 11.5 Å². The van der Waals surface area contributed by atoms with E-state index in [1.54, 1.807) is 36.4 Å². The smallest absolute Gasteiger partial charge is 0.349 e. The zero-order valence-electron chi connectivity index (χ0n) is 19.7. The second kappa shape index (κ2) is 12.7. The minimum absolute atomic E-state index is 0.00490. The molecule has 0 aliphatic rings. The standard InChI is InChI=1S/C26H22INO9/c1-34-17-9-5-7-15(13-17)25(32)36-21(23(29)28-20-12-4-3-11-19(20)27)22(24(30)31)37-26(33)16-8-6-10-18(14-16)35-2/h3-14,21-22H,1-2H3,(H,28,29)(H,30,31)/t21-,22+/m0/s1. The van der Waals surface area contributed by atoms with Gasteiger partial charge >= 0.3 is 17.9 Å². The van der Waals surface area contributed by atoms with Crippen LogP contribution in [0.3, 0.4) is 0 Å². The zero-order valence-corrected chi connectivity index (χ0v) is 21.8. The number of halogens is 1. The summed E-state index contributed by atoms with van der Waals surface area (Å²) in [5.74, 6) is -4.11. The molecule has 10 nitrogen and oxygen atoms in total. The van der Waals surface area contributed by atoms with Gasteiger partial charge in [0.2, 0.25) is 12.2 Å². The number of nitrogens with one attached hydrogen (secondary N) is 1. The molecule has 1 amide bonds. The van der Waals surface area contributed by atoms with Crippen molar-refractivity contribution in [2.24, 2.45) is 0 Å². The number of carbonyl (C=O) groups excluding carboxylic acids is 3. The molecular weight excluding hydrogens is 597 g/mol. The fraction of sp³-hybridized carbons (Fsp3) is 0.154. The van der Waals surface area contributed by atoms with Crippen LogP contribution in [0.4, 0.5) is 5.69 Å². The summed E-state index contributed by atoms with van der Waals surface area (Å²) in [5, 5.41) is 12.4. The van der Waals surface area contributed by atoms with Crippen LogP contribution < -0.4 is 14.8 Å². The van der Waals surface area contributed by atoms with E-state index in [0.717, 1.165) is 0 Å². The van der Waals surface area contributed by atoms with E-state index in [0.29, 0.717) is 20.8 Å². The van der Waals surface area contributed by atoms with Crippen molar-refractivity contribution >= 4 is 52.1 Å². The van der Waals surface area contributed by atoms with Crippen molar-refractivity contribution in [1.82, 2.24) is 0 Å². The Kier molecular flexibility index (Phi) is 9.44. The summed E-state index contributed by atoms with van der Waals surface area (Å²) in [7, 11) is 2.80. The quantitative estimate of drug-likeness (QED) is 0.257. The Morgan fingerprint density at radius 1 is 0.757 bits per heavy atom. The Morgan fingerprint density at radius 3 is 1.76 bits per heavy atom. The van der Waals surface area contributed by atoms with E-state index in [4.69, 9.17) is 18.9 Å². The van der Waals surface area contributed by atoms with Gasteiger partial charge in [-0.1, -0.05) is 24.3 Å². The molecule has 11 heteroatoms. The van der Waals surface area contributed by atoms with Gasteiger partial charge < -0.3 is 29.4 Å². The lowest BCUT2D eigenvalue weighted by molar-refractivity contribution is -0.157. The van der Waals surface area contributed by atoms with E-state index in [9.17, 15) is 24.3 Å². The number of hydrogen-bond acceptors (Lipinski definition) is 8. The lowest BCUT2D eigenvalue weighted by atomic mass is 10.1. The van der Waals surface area contributed by atoms with Crippen molar-refractivity contribution in [2.45, 2.75) is 12.2 Å². The molecule has 0 saturated heterocycles. The largest absolute Gasteiger partial charge is 0.497 e. The number of benzene rings is 3. The molecule has 0 spiro atoms. The maximum Gasteiger partial charge on any atom is 0.349 e. The van der Waals surface area contributed by atoms with E-state index in [1.807, 2.05) is 22.6 Å². The number of amides is 1. The van der Waals surface area contributed by atoms with Gasteiger partial charge in [0, 0.05) is 3.57 Å². The third-order valence-corrected chi connectivity index (χ3v) is 5.93. The van der Waals surface area contributed by atoms with Gasteiger partial charge in [0.1, 0.15) is 11.5 Å². The lowest BCUT2D eigenvalue weighted by Gasteiger charge is -2.24. The number of hydrogen-bond donors (Lipinski definition) is 2. The third kappa shape index (κ3) is 7.19. The highest BCUT2D eigenvalue weighted by atomic mass is 127. The first kappa shape index (κ1) is 27.5. The number of carboxylic acid groups (broad SMARTS) is 1. The Morgan fingerprint density at radius 2 is 1.27 bits per heavy atom. The molecule has 0 fully saturated rings. The number of anilines is 1. The summed E-state index contributed by atoms with van der Waals surface area (Å²) in [6.07, 6.45) is -4.21. The molecule has 0 aromatic heterocycles. The summed E-state index contributed by atoms with van der Waals surface area (Å²) in [4.78, 5) is 51.1. The van der Waals surface area contributed by atoms with Crippen LogP contribution in [0.25, 0.3) is 0 Å². The molecular formula is C26H22INO9. The number of aliphatic carboxylic acids is 1. The summed E-state index contributed by atoms with van der Waals surface area (Å²) in [6.45, 7) is 0. The first-order valence-corrected chi connectivity index (χ1v) is 11.8. The summed E-state index contributed by atoms with van der Waals surface area (Å²) >= 11 is 1.97. The van der Waals surface area contributed by atoms with Gasteiger partial charge in [-0.15, -0.1) is 0 Å². The van der Waals surface area contributed by atoms with E-state index >= 15 is 0 Å². The summed E-state index contributed by atoms with van der Waals surface area (Å²) < 4.78 is 21.3. The number of ether oxygens (including phenoxy) is 4.